The number of halogens is 1. The summed E-state index contributed by atoms with van der Waals surface area (Å²) in [6.07, 6.45) is 0. The average Bonchev–Trinajstić information content (AvgIpc) is 2.54. The van der Waals surface area contributed by atoms with Gasteiger partial charge in [-0.2, -0.15) is 0 Å². The maximum Gasteiger partial charge on any atom is 0.338 e. The van der Waals surface area contributed by atoms with Crippen molar-refractivity contribution in [1.82, 2.24) is 0 Å². The zero-order valence-corrected chi connectivity index (χ0v) is 14.2. The third-order valence-electron chi connectivity index (χ3n) is 2.96. The summed E-state index contributed by atoms with van der Waals surface area (Å²) in [5.41, 5.74) is 1.96. The van der Waals surface area contributed by atoms with Crippen LogP contribution in [0.1, 0.15) is 17.3 Å². The van der Waals surface area contributed by atoms with Crippen LogP contribution in [-0.2, 0) is 9.53 Å². The van der Waals surface area contributed by atoms with Crippen molar-refractivity contribution >= 4 is 39.2 Å². The van der Waals surface area contributed by atoms with Gasteiger partial charge >= 0.3 is 5.97 Å². The first kappa shape index (κ1) is 17.0. The van der Waals surface area contributed by atoms with Gasteiger partial charge in [-0.25, -0.2) is 4.79 Å². The second-order valence-electron chi connectivity index (χ2n) is 4.71. The van der Waals surface area contributed by atoms with Gasteiger partial charge in [-0.1, -0.05) is 22.0 Å². The Morgan fingerprint density at radius 2 is 1.83 bits per heavy atom. The largest absolute Gasteiger partial charge is 0.462 e. The van der Waals surface area contributed by atoms with E-state index in [0.717, 1.165) is 15.8 Å². The lowest BCUT2D eigenvalue weighted by atomic mass is 10.2. The summed E-state index contributed by atoms with van der Waals surface area (Å²) in [5, 5.41) is 5.80. The van der Waals surface area contributed by atoms with E-state index in [1.165, 1.54) is 0 Å². The van der Waals surface area contributed by atoms with Gasteiger partial charge in [-0.15, -0.1) is 0 Å². The van der Waals surface area contributed by atoms with Gasteiger partial charge in [-0.05, 0) is 49.4 Å². The van der Waals surface area contributed by atoms with Crippen LogP contribution >= 0.6 is 15.9 Å². The zero-order valence-electron chi connectivity index (χ0n) is 12.6. The molecule has 0 atom stereocenters. The molecule has 0 bridgehead atoms. The van der Waals surface area contributed by atoms with Crippen molar-refractivity contribution < 1.29 is 14.3 Å². The molecule has 0 aromatic heterocycles. The van der Waals surface area contributed by atoms with E-state index < -0.39 is 0 Å². The summed E-state index contributed by atoms with van der Waals surface area (Å²) >= 11 is 3.35. The minimum absolute atomic E-state index is 0.130. The van der Waals surface area contributed by atoms with Crippen molar-refractivity contribution in [3.63, 3.8) is 0 Å². The van der Waals surface area contributed by atoms with E-state index in [0.29, 0.717) is 12.2 Å². The van der Waals surface area contributed by atoms with Crippen LogP contribution in [0, 0.1) is 0 Å². The summed E-state index contributed by atoms with van der Waals surface area (Å²) in [6.45, 7) is 2.23. The molecule has 1 amide bonds. The van der Waals surface area contributed by atoms with E-state index in [4.69, 9.17) is 4.74 Å². The fourth-order valence-electron chi connectivity index (χ4n) is 1.89. The molecule has 0 saturated carbocycles. The fraction of sp³-hybridized carbons (Fsp3) is 0.176. The molecule has 0 spiro atoms. The summed E-state index contributed by atoms with van der Waals surface area (Å²) in [5.74, 6) is -0.510. The highest BCUT2D eigenvalue weighted by Crippen LogP contribution is 2.15. The van der Waals surface area contributed by atoms with Crippen molar-refractivity contribution in [2.45, 2.75) is 6.92 Å². The topological polar surface area (TPSA) is 67.4 Å². The van der Waals surface area contributed by atoms with E-state index >= 15 is 0 Å². The second-order valence-corrected chi connectivity index (χ2v) is 5.63. The highest BCUT2D eigenvalue weighted by atomic mass is 79.9. The summed E-state index contributed by atoms with van der Waals surface area (Å²) in [7, 11) is 0. The molecule has 0 fully saturated rings. The predicted molar refractivity (Wildman–Crippen MR) is 93.7 cm³/mol. The molecule has 0 unspecified atom stereocenters. The van der Waals surface area contributed by atoms with E-state index in [1.54, 1.807) is 31.2 Å². The smallest absolute Gasteiger partial charge is 0.338 e. The Balaban J connectivity index is 1.85. The van der Waals surface area contributed by atoms with Gasteiger partial charge in [0.25, 0.3) is 0 Å². The predicted octanol–water partition coefficient (Wildman–Crippen LogP) is 3.68. The number of ether oxygens (including phenoxy) is 1. The highest BCUT2D eigenvalue weighted by Gasteiger charge is 2.06. The first-order chi connectivity index (χ1) is 11.1. The Hall–Kier alpha value is -2.34. The third-order valence-corrected chi connectivity index (χ3v) is 3.45. The Morgan fingerprint density at radius 1 is 1.09 bits per heavy atom. The van der Waals surface area contributed by atoms with Crippen LogP contribution in [0.4, 0.5) is 11.4 Å². The lowest BCUT2D eigenvalue weighted by Crippen LogP contribution is -2.21. The van der Waals surface area contributed by atoms with Gasteiger partial charge < -0.3 is 15.4 Å². The molecule has 23 heavy (non-hydrogen) atoms. The van der Waals surface area contributed by atoms with E-state index in [-0.39, 0.29) is 18.4 Å². The van der Waals surface area contributed by atoms with Crippen molar-refractivity contribution in [3.05, 3.63) is 58.6 Å². The lowest BCUT2D eigenvalue weighted by molar-refractivity contribution is -0.114. The number of rotatable bonds is 6. The molecule has 0 saturated heterocycles. The number of benzene rings is 2. The molecule has 2 aromatic rings. The fourth-order valence-corrected chi connectivity index (χ4v) is 2.29. The third kappa shape index (κ3) is 5.41. The van der Waals surface area contributed by atoms with E-state index in [1.807, 2.05) is 24.3 Å². The van der Waals surface area contributed by atoms with Crippen molar-refractivity contribution in [3.8, 4) is 0 Å². The van der Waals surface area contributed by atoms with Gasteiger partial charge in [0.15, 0.2) is 0 Å². The molecular weight excluding hydrogens is 360 g/mol. The van der Waals surface area contributed by atoms with E-state index in [2.05, 4.69) is 26.6 Å². The number of amides is 1. The van der Waals surface area contributed by atoms with Crippen LogP contribution in [0.5, 0.6) is 0 Å². The first-order valence-corrected chi connectivity index (χ1v) is 7.94. The number of anilines is 2. The van der Waals surface area contributed by atoms with Gasteiger partial charge in [0.1, 0.15) is 0 Å². The molecule has 0 heterocycles. The van der Waals surface area contributed by atoms with Crippen LogP contribution in [0.3, 0.4) is 0 Å². The number of carbonyl (C=O) groups is 2. The maximum atomic E-state index is 11.9. The van der Waals surface area contributed by atoms with E-state index in [9.17, 15) is 9.59 Å². The quantitative estimate of drug-likeness (QED) is 0.754. The minimum Gasteiger partial charge on any atom is -0.462 e. The Kier molecular flexibility index (Phi) is 6.17. The van der Waals surface area contributed by atoms with Crippen molar-refractivity contribution in [2.24, 2.45) is 0 Å². The molecule has 6 heteroatoms. The number of hydrogen-bond acceptors (Lipinski definition) is 4. The molecule has 2 N–H and O–H groups in total. The van der Waals surface area contributed by atoms with Gasteiger partial charge in [0.2, 0.25) is 5.91 Å². The number of hydrogen-bond donors (Lipinski definition) is 2. The normalized spacial score (nSPS) is 10.0. The van der Waals surface area contributed by atoms with Gasteiger partial charge in [-0.3, -0.25) is 4.79 Å². The summed E-state index contributed by atoms with van der Waals surface area (Å²) in [6, 6.07) is 14.2. The lowest BCUT2D eigenvalue weighted by Gasteiger charge is -2.09. The van der Waals surface area contributed by atoms with Crippen LogP contribution in [0.25, 0.3) is 0 Å². The SMILES string of the molecule is CCOC(=O)c1ccc(NCC(=O)Nc2cccc(Br)c2)cc1. The Bertz CT molecular complexity index is 686. The zero-order chi connectivity index (χ0) is 16.7. The molecule has 0 radical (unpaired) electrons. The van der Waals surface area contributed by atoms with Crippen LogP contribution in [0.15, 0.2) is 53.0 Å². The average molecular weight is 377 g/mol. The van der Waals surface area contributed by atoms with Crippen LogP contribution in [-0.4, -0.2) is 25.0 Å². The number of carbonyl (C=O) groups excluding carboxylic acids is 2. The molecular formula is C17H17BrN2O3. The molecule has 120 valence electrons. The maximum absolute atomic E-state index is 11.9. The molecule has 2 aromatic carbocycles. The molecule has 0 aliphatic rings. The Morgan fingerprint density at radius 3 is 2.48 bits per heavy atom. The molecule has 0 aliphatic carbocycles. The van der Waals surface area contributed by atoms with Gasteiger partial charge in [0, 0.05) is 15.8 Å². The standard InChI is InChI=1S/C17H17BrN2O3/c1-2-23-17(22)12-6-8-14(9-7-12)19-11-16(21)20-15-5-3-4-13(18)10-15/h3-10,19H,2,11H2,1H3,(H,20,21). The molecule has 2 rings (SSSR count). The van der Waals surface area contributed by atoms with Crippen molar-refractivity contribution in [1.29, 1.82) is 0 Å². The van der Waals surface area contributed by atoms with Crippen LogP contribution < -0.4 is 10.6 Å². The van der Waals surface area contributed by atoms with Crippen LogP contribution in [0.2, 0.25) is 0 Å². The number of nitrogens with one attached hydrogen (secondary N) is 2. The minimum atomic E-state index is -0.355. The number of esters is 1. The Labute approximate surface area is 143 Å². The second kappa shape index (κ2) is 8.33. The summed E-state index contributed by atoms with van der Waals surface area (Å²) < 4.78 is 5.82. The molecule has 0 aliphatic heterocycles. The monoisotopic (exact) mass is 376 g/mol. The first-order valence-electron chi connectivity index (χ1n) is 7.15. The highest BCUT2D eigenvalue weighted by molar-refractivity contribution is 9.10. The van der Waals surface area contributed by atoms with Crippen molar-refractivity contribution in [2.75, 3.05) is 23.8 Å². The summed E-state index contributed by atoms with van der Waals surface area (Å²) in [4.78, 5) is 23.4. The molecule has 5 nitrogen and oxygen atoms in total. The van der Waals surface area contributed by atoms with Gasteiger partial charge in [0.05, 0.1) is 18.7 Å².